The van der Waals surface area contributed by atoms with E-state index < -0.39 is 18.2 Å². The molecule has 2 N–H and O–H groups in total. The number of ether oxygens (including phenoxy) is 1. The Morgan fingerprint density at radius 1 is 1.44 bits per heavy atom. The van der Waals surface area contributed by atoms with E-state index in [9.17, 15) is 9.90 Å². The van der Waals surface area contributed by atoms with Crippen LogP contribution in [0.5, 0.6) is 0 Å². The van der Waals surface area contributed by atoms with E-state index in [1.54, 1.807) is 6.92 Å². The van der Waals surface area contributed by atoms with E-state index in [1.165, 1.54) is 7.11 Å². The van der Waals surface area contributed by atoms with Crippen molar-refractivity contribution in [1.29, 1.82) is 0 Å². The highest BCUT2D eigenvalue weighted by Crippen LogP contribution is 2.03. The van der Waals surface area contributed by atoms with Crippen LogP contribution in [-0.2, 0) is 16.0 Å². The predicted molar refractivity (Wildman–Crippen MR) is 60.8 cm³/mol. The normalized spacial score (nSPS) is 14.2. The van der Waals surface area contributed by atoms with Crippen LogP contribution in [0.4, 0.5) is 0 Å². The van der Waals surface area contributed by atoms with Gasteiger partial charge in [0.05, 0.1) is 0 Å². The topological polar surface area (TPSA) is 58.6 Å². The lowest BCUT2D eigenvalue weighted by molar-refractivity contribution is -0.132. The SMILES string of the molecule is CO[C@H](C)NC(=O)[C@@H](O)Cc1ccccc1. The molecule has 0 saturated heterocycles. The number of amides is 1. The summed E-state index contributed by atoms with van der Waals surface area (Å²) in [5.41, 5.74) is 0.926. The Labute approximate surface area is 95.2 Å². The molecule has 4 nitrogen and oxygen atoms in total. The van der Waals surface area contributed by atoms with Crippen LogP contribution in [0, 0.1) is 0 Å². The number of methoxy groups -OCH3 is 1. The van der Waals surface area contributed by atoms with Gasteiger partial charge in [-0.05, 0) is 12.5 Å². The minimum Gasteiger partial charge on any atom is -0.383 e. The molecule has 4 heteroatoms. The number of rotatable bonds is 5. The van der Waals surface area contributed by atoms with Crippen molar-refractivity contribution in [2.75, 3.05) is 7.11 Å². The van der Waals surface area contributed by atoms with Gasteiger partial charge in [0, 0.05) is 13.5 Å². The second-order valence-corrected chi connectivity index (χ2v) is 3.59. The maximum Gasteiger partial charge on any atom is 0.251 e. The third-order valence-electron chi connectivity index (χ3n) is 2.27. The second-order valence-electron chi connectivity index (χ2n) is 3.59. The van der Waals surface area contributed by atoms with Gasteiger partial charge in [-0.2, -0.15) is 0 Å². The largest absolute Gasteiger partial charge is 0.383 e. The van der Waals surface area contributed by atoms with Crippen molar-refractivity contribution in [3.05, 3.63) is 35.9 Å². The zero-order valence-corrected chi connectivity index (χ0v) is 9.51. The van der Waals surface area contributed by atoms with Crippen molar-refractivity contribution in [2.45, 2.75) is 25.7 Å². The van der Waals surface area contributed by atoms with Crippen LogP contribution in [0.2, 0.25) is 0 Å². The molecule has 2 atom stereocenters. The molecule has 1 aromatic carbocycles. The molecule has 0 aliphatic heterocycles. The van der Waals surface area contributed by atoms with Crippen LogP contribution < -0.4 is 5.32 Å². The Hall–Kier alpha value is -1.39. The summed E-state index contributed by atoms with van der Waals surface area (Å²) in [5, 5.41) is 12.2. The maximum absolute atomic E-state index is 11.5. The fourth-order valence-corrected chi connectivity index (χ4v) is 1.29. The first-order valence-corrected chi connectivity index (χ1v) is 5.18. The molecule has 0 unspecified atom stereocenters. The molecule has 0 fully saturated rings. The van der Waals surface area contributed by atoms with E-state index in [0.29, 0.717) is 6.42 Å². The standard InChI is InChI=1S/C12H17NO3/c1-9(16-2)13-12(15)11(14)8-10-6-4-3-5-7-10/h3-7,9,11,14H,8H2,1-2H3,(H,13,15)/t9-,11+/m1/s1. The van der Waals surface area contributed by atoms with Crippen LogP contribution in [0.25, 0.3) is 0 Å². The first-order chi connectivity index (χ1) is 7.63. The average Bonchev–Trinajstić information content (AvgIpc) is 2.30. The Kier molecular flexibility index (Phi) is 4.95. The number of hydrogen-bond acceptors (Lipinski definition) is 3. The molecule has 88 valence electrons. The van der Waals surface area contributed by atoms with Crippen LogP contribution >= 0.6 is 0 Å². The molecule has 0 aromatic heterocycles. The monoisotopic (exact) mass is 223 g/mol. The fraction of sp³-hybridized carbons (Fsp3) is 0.417. The van der Waals surface area contributed by atoms with Crippen LogP contribution in [0.3, 0.4) is 0 Å². The summed E-state index contributed by atoms with van der Waals surface area (Å²) < 4.78 is 4.88. The smallest absolute Gasteiger partial charge is 0.251 e. The highest BCUT2D eigenvalue weighted by molar-refractivity contribution is 5.80. The summed E-state index contributed by atoms with van der Waals surface area (Å²) in [6.07, 6.45) is -1.12. The van der Waals surface area contributed by atoms with E-state index >= 15 is 0 Å². The Morgan fingerprint density at radius 3 is 2.62 bits per heavy atom. The van der Waals surface area contributed by atoms with E-state index in [0.717, 1.165) is 5.56 Å². The van der Waals surface area contributed by atoms with Crippen LogP contribution in [-0.4, -0.2) is 30.5 Å². The third-order valence-corrected chi connectivity index (χ3v) is 2.27. The molecular weight excluding hydrogens is 206 g/mol. The minimum absolute atomic E-state index is 0.309. The number of hydrogen-bond donors (Lipinski definition) is 2. The van der Waals surface area contributed by atoms with Gasteiger partial charge < -0.3 is 15.2 Å². The number of aliphatic hydroxyl groups excluding tert-OH is 1. The van der Waals surface area contributed by atoms with Gasteiger partial charge in [0.25, 0.3) is 5.91 Å². The molecular formula is C12H17NO3. The molecule has 0 radical (unpaired) electrons. The zero-order chi connectivity index (χ0) is 12.0. The van der Waals surface area contributed by atoms with Gasteiger partial charge in [-0.1, -0.05) is 30.3 Å². The molecule has 0 saturated carbocycles. The summed E-state index contributed by atoms with van der Waals surface area (Å²) in [7, 11) is 1.49. The average molecular weight is 223 g/mol. The lowest BCUT2D eigenvalue weighted by Gasteiger charge is -2.15. The van der Waals surface area contributed by atoms with Crippen molar-refractivity contribution in [1.82, 2.24) is 5.32 Å². The van der Waals surface area contributed by atoms with Crippen molar-refractivity contribution >= 4 is 5.91 Å². The molecule has 1 aromatic rings. The summed E-state index contributed by atoms with van der Waals surface area (Å²) in [6.45, 7) is 1.70. The number of benzene rings is 1. The maximum atomic E-state index is 11.5. The van der Waals surface area contributed by atoms with Crippen LogP contribution in [0.1, 0.15) is 12.5 Å². The molecule has 0 aliphatic rings. The molecule has 0 heterocycles. The summed E-state index contributed by atoms with van der Waals surface area (Å²) in [5.74, 6) is -0.418. The van der Waals surface area contributed by atoms with E-state index in [2.05, 4.69) is 5.32 Å². The van der Waals surface area contributed by atoms with Crippen molar-refractivity contribution < 1.29 is 14.6 Å². The van der Waals surface area contributed by atoms with E-state index in [-0.39, 0.29) is 0 Å². The minimum atomic E-state index is -1.04. The van der Waals surface area contributed by atoms with Gasteiger partial charge in [-0.15, -0.1) is 0 Å². The molecule has 0 aliphatic carbocycles. The Balaban J connectivity index is 2.46. The quantitative estimate of drug-likeness (QED) is 0.722. The van der Waals surface area contributed by atoms with Crippen molar-refractivity contribution in [3.8, 4) is 0 Å². The van der Waals surface area contributed by atoms with Gasteiger partial charge in [0.2, 0.25) is 0 Å². The summed E-state index contributed by atoms with van der Waals surface area (Å²) in [4.78, 5) is 11.5. The highest BCUT2D eigenvalue weighted by atomic mass is 16.5. The number of aliphatic hydroxyl groups is 1. The van der Waals surface area contributed by atoms with Crippen molar-refractivity contribution in [3.63, 3.8) is 0 Å². The van der Waals surface area contributed by atoms with Gasteiger partial charge in [0.15, 0.2) is 0 Å². The Morgan fingerprint density at radius 2 is 2.06 bits per heavy atom. The third kappa shape index (κ3) is 4.00. The number of carbonyl (C=O) groups excluding carboxylic acids is 1. The van der Waals surface area contributed by atoms with Crippen LogP contribution in [0.15, 0.2) is 30.3 Å². The molecule has 0 bridgehead atoms. The van der Waals surface area contributed by atoms with Crippen molar-refractivity contribution in [2.24, 2.45) is 0 Å². The highest BCUT2D eigenvalue weighted by Gasteiger charge is 2.16. The van der Waals surface area contributed by atoms with Gasteiger partial charge in [-0.25, -0.2) is 0 Å². The molecule has 0 spiro atoms. The summed E-state index contributed by atoms with van der Waals surface area (Å²) in [6, 6.07) is 9.38. The summed E-state index contributed by atoms with van der Waals surface area (Å²) >= 11 is 0. The number of carbonyl (C=O) groups is 1. The lowest BCUT2D eigenvalue weighted by atomic mass is 10.1. The molecule has 1 amide bonds. The van der Waals surface area contributed by atoms with E-state index in [1.807, 2.05) is 30.3 Å². The fourth-order valence-electron chi connectivity index (χ4n) is 1.29. The first-order valence-electron chi connectivity index (χ1n) is 5.18. The molecule has 1 rings (SSSR count). The van der Waals surface area contributed by atoms with Gasteiger partial charge in [0.1, 0.15) is 12.3 Å². The second kappa shape index (κ2) is 6.25. The Bertz CT molecular complexity index is 326. The molecule has 16 heavy (non-hydrogen) atoms. The van der Waals surface area contributed by atoms with Gasteiger partial charge in [-0.3, -0.25) is 4.79 Å². The van der Waals surface area contributed by atoms with Gasteiger partial charge >= 0.3 is 0 Å². The van der Waals surface area contributed by atoms with E-state index in [4.69, 9.17) is 4.74 Å². The zero-order valence-electron chi connectivity index (χ0n) is 9.51. The predicted octanol–water partition coefficient (Wildman–Crippen LogP) is 0.699. The number of nitrogens with one attached hydrogen (secondary N) is 1. The first kappa shape index (κ1) is 12.7. The lowest BCUT2D eigenvalue weighted by Crippen LogP contribution is -2.41.